The van der Waals surface area contributed by atoms with Crippen LogP contribution >= 0.6 is 0 Å². The van der Waals surface area contributed by atoms with Crippen molar-refractivity contribution in [2.24, 2.45) is 0 Å². The van der Waals surface area contributed by atoms with E-state index in [2.05, 4.69) is 0 Å². The van der Waals surface area contributed by atoms with Crippen LogP contribution in [0.15, 0.2) is 0 Å². The maximum Gasteiger partial charge on any atom is 0.389 e. The topological polar surface area (TPSA) is 20.2 Å². The van der Waals surface area contributed by atoms with Gasteiger partial charge in [-0.05, 0) is 19.8 Å². The van der Waals surface area contributed by atoms with Gasteiger partial charge >= 0.3 is 6.18 Å². The van der Waals surface area contributed by atoms with Crippen molar-refractivity contribution in [3.63, 3.8) is 0 Å². The third kappa shape index (κ3) is 13.8. The van der Waals surface area contributed by atoms with Crippen molar-refractivity contribution in [1.29, 1.82) is 0 Å². The van der Waals surface area contributed by atoms with Crippen molar-refractivity contribution < 1.29 is 18.3 Å². The van der Waals surface area contributed by atoms with Gasteiger partial charge in [-0.25, -0.2) is 0 Å². The van der Waals surface area contributed by atoms with Crippen LogP contribution in [0.4, 0.5) is 13.2 Å². The minimum absolute atomic E-state index is 0.250. The number of aliphatic hydroxyl groups is 1. The molecule has 0 saturated heterocycles. The third-order valence-electron chi connectivity index (χ3n) is 2.33. The summed E-state index contributed by atoms with van der Waals surface area (Å²) in [4.78, 5) is 0. The second-order valence-corrected chi connectivity index (χ2v) is 4.12. The number of hydrogen-bond acceptors (Lipinski definition) is 1. The maximum absolute atomic E-state index is 11.7. The Morgan fingerprint density at radius 1 is 0.933 bits per heavy atom. The predicted molar refractivity (Wildman–Crippen MR) is 54.7 cm³/mol. The van der Waals surface area contributed by atoms with Crippen molar-refractivity contribution in [2.45, 2.75) is 70.6 Å². The summed E-state index contributed by atoms with van der Waals surface area (Å²) >= 11 is 0. The molecule has 0 fully saturated rings. The zero-order valence-corrected chi connectivity index (χ0v) is 9.32. The van der Waals surface area contributed by atoms with Gasteiger partial charge in [0.05, 0.1) is 6.10 Å². The Bertz CT molecular complexity index is 143. The summed E-state index contributed by atoms with van der Waals surface area (Å²) < 4.78 is 35.2. The highest BCUT2D eigenvalue weighted by molar-refractivity contribution is 4.53. The first kappa shape index (κ1) is 14.8. The first-order chi connectivity index (χ1) is 6.92. The standard InChI is InChI=1S/C11H21F3O/c1-10(15)8-6-4-2-3-5-7-9-11(12,13)14/h10,15H,2-9H2,1H3. The van der Waals surface area contributed by atoms with Crippen LogP contribution in [0.1, 0.15) is 58.3 Å². The Kier molecular flexibility index (Phi) is 7.83. The van der Waals surface area contributed by atoms with Gasteiger partial charge in [-0.1, -0.05) is 32.1 Å². The molecule has 1 nitrogen and oxygen atoms in total. The van der Waals surface area contributed by atoms with E-state index in [1.54, 1.807) is 6.92 Å². The van der Waals surface area contributed by atoms with E-state index in [4.69, 9.17) is 5.11 Å². The van der Waals surface area contributed by atoms with Gasteiger partial charge in [0.2, 0.25) is 0 Å². The molecule has 0 heterocycles. The summed E-state index contributed by atoms with van der Waals surface area (Å²) in [6, 6.07) is 0. The second-order valence-electron chi connectivity index (χ2n) is 4.12. The molecule has 0 bridgehead atoms. The zero-order chi connectivity index (χ0) is 11.7. The smallest absolute Gasteiger partial charge is 0.389 e. The van der Waals surface area contributed by atoms with Crippen molar-refractivity contribution in [1.82, 2.24) is 0 Å². The molecule has 1 unspecified atom stereocenters. The molecule has 0 aliphatic carbocycles. The minimum atomic E-state index is -3.99. The Balaban J connectivity index is 3.06. The number of aliphatic hydroxyl groups excluding tert-OH is 1. The molecule has 0 aromatic carbocycles. The van der Waals surface area contributed by atoms with E-state index in [9.17, 15) is 13.2 Å². The maximum atomic E-state index is 11.7. The summed E-state index contributed by atoms with van der Waals surface area (Å²) in [5, 5.41) is 8.96. The van der Waals surface area contributed by atoms with E-state index in [0.717, 1.165) is 32.1 Å². The number of alkyl halides is 3. The van der Waals surface area contributed by atoms with E-state index in [0.29, 0.717) is 6.42 Å². The van der Waals surface area contributed by atoms with Gasteiger partial charge in [0, 0.05) is 6.42 Å². The molecular weight excluding hydrogens is 205 g/mol. The van der Waals surface area contributed by atoms with Gasteiger partial charge in [0.1, 0.15) is 0 Å². The molecule has 0 radical (unpaired) electrons. The first-order valence-electron chi connectivity index (χ1n) is 5.66. The van der Waals surface area contributed by atoms with E-state index < -0.39 is 12.6 Å². The molecule has 0 aliphatic rings. The van der Waals surface area contributed by atoms with Gasteiger partial charge < -0.3 is 5.11 Å². The van der Waals surface area contributed by atoms with Crippen molar-refractivity contribution in [3.8, 4) is 0 Å². The molecule has 0 rings (SSSR count). The number of rotatable bonds is 8. The average molecular weight is 226 g/mol. The fourth-order valence-corrected chi connectivity index (χ4v) is 1.47. The van der Waals surface area contributed by atoms with Crippen LogP contribution in [0.3, 0.4) is 0 Å². The predicted octanol–water partition coefficient (Wildman–Crippen LogP) is 4.05. The quantitative estimate of drug-likeness (QED) is 0.619. The molecular formula is C11H21F3O. The van der Waals surface area contributed by atoms with Gasteiger partial charge in [0.25, 0.3) is 0 Å². The Morgan fingerprint density at radius 2 is 1.40 bits per heavy atom. The van der Waals surface area contributed by atoms with Crippen molar-refractivity contribution >= 4 is 0 Å². The lowest BCUT2D eigenvalue weighted by Gasteiger charge is -2.06. The number of hydrogen-bond donors (Lipinski definition) is 1. The van der Waals surface area contributed by atoms with Crippen LogP contribution in [0, 0.1) is 0 Å². The van der Waals surface area contributed by atoms with E-state index in [1.165, 1.54) is 0 Å². The van der Waals surface area contributed by atoms with Crippen molar-refractivity contribution in [3.05, 3.63) is 0 Å². The van der Waals surface area contributed by atoms with Crippen LogP contribution in [0.5, 0.6) is 0 Å². The Hall–Kier alpha value is -0.250. The second kappa shape index (κ2) is 7.97. The average Bonchev–Trinajstić information content (AvgIpc) is 2.07. The fraction of sp³-hybridized carbons (Fsp3) is 1.00. The van der Waals surface area contributed by atoms with Crippen LogP contribution < -0.4 is 0 Å². The molecule has 1 atom stereocenters. The number of unbranched alkanes of at least 4 members (excludes halogenated alkanes) is 5. The van der Waals surface area contributed by atoms with Crippen molar-refractivity contribution in [2.75, 3.05) is 0 Å². The van der Waals surface area contributed by atoms with Crippen LogP contribution in [0.2, 0.25) is 0 Å². The van der Waals surface area contributed by atoms with Gasteiger partial charge in [0.15, 0.2) is 0 Å². The van der Waals surface area contributed by atoms with E-state index in [1.807, 2.05) is 0 Å². The normalized spacial score (nSPS) is 14.2. The molecule has 0 amide bonds. The largest absolute Gasteiger partial charge is 0.393 e. The third-order valence-corrected chi connectivity index (χ3v) is 2.33. The lowest BCUT2D eigenvalue weighted by molar-refractivity contribution is -0.135. The van der Waals surface area contributed by atoms with E-state index in [-0.39, 0.29) is 12.5 Å². The van der Waals surface area contributed by atoms with Gasteiger partial charge in [-0.2, -0.15) is 13.2 Å². The molecule has 15 heavy (non-hydrogen) atoms. The summed E-state index contributed by atoms with van der Waals surface area (Å²) in [5.41, 5.74) is 0. The SMILES string of the molecule is CC(O)CCCCCCCCC(F)(F)F. The molecule has 92 valence electrons. The first-order valence-corrected chi connectivity index (χ1v) is 5.66. The summed E-state index contributed by atoms with van der Waals surface area (Å²) in [6.45, 7) is 1.75. The zero-order valence-electron chi connectivity index (χ0n) is 9.32. The van der Waals surface area contributed by atoms with Crippen LogP contribution in [0.25, 0.3) is 0 Å². The Morgan fingerprint density at radius 3 is 1.87 bits per heavy atom. The molecule has 4 heteroatoms. The lowest BCUT2D eigenvalue weighted by atomic mass is 10.1. The Labute approximate surface area is 89.7 Å². The van der Waals surface area contributed by atoms with Gasteiger partial charge in [-0.15, -0.1) is 0 Å². The monoisotopic (exact) mass is 226 g/mol. The molecule has 0 saturated carbocycles. The van der Waals surface area contributed by atoms with Crippen LogP contribution in [-0.4, -0.2) is 17.4 Å². The highest BCUT2D eigenvalue weighted by atomic mass is 19.4. The van der Waals surface area contributed by atoms with E-state index >= 15 is 0 Å². The summed E-state index contributed by atoms with van der Waals surface area (Å²) in [6.07, 6.45) is 0.632. The molecule has 1 N–H and O–H groups in total. The van der Waals surface area contributed by atoms with Crippen LogP contribution in [-0.2, 0) is 0 Å². The van der Waals surface area contributed by atoms with Gasteiger partial charge in [-0.3, -0.25) is 0 Å². The molecule has 0 aromatic heterocycles. The minimum Gasteiger partial charge on any atom is -0.393 e. The molecule has 0 spiro atoms. The summed E-state index contributed by atoms with van der Waals surface area (Å²) in [5.74, 6) is 0. The fourth-order valence-electron chi connectivity index (χ4n) is 1.47. The highest BCUT2D eigenvalue weighted by Crippen LogP contribution is 2.23. The molecule has 0 aromatic rings. The highest BCUT2D eigenvalue weighted by Gasteiger charge is 2.25. The molecule has 0 aliphatic heterocycles. The summed E-state index contributed by atoms with van der Waals surface area (Å²) in [7, 11) is 0. The number of halogens is 3. The lowest BCUT2D eigenvalue weighted by Crippen LogP contribution is -2.06.